The number of aromatic amines is 1. The van der Waals surface area contributed by atoms with E-state index in [1.807, 2.05) is 4.98 Å². The van der Waals surface area contributed by atoms with Crippen molar-refractivity contribution in [1.29, 1.82) is 0 Å². The number of nitrogens with zero attached hydrogens (tertiary/aromatic N) is 2. The fraction of sp³-hybridized carbons (Fsp3) is 0.545. The predicted octanol–water partition coefficient (Wildman–Crippen LogP) is -4.70. The first-order valence-electron chi connectivity index (χ1n) is 11.6. The maximum Gasteiger partial charge on any atom is 0.330 e. The van der Waals surface area contributed by atoms with Crippen LogP contribution < -0.4 is 16.6 Å². The van der Waals surface area contributed by atoms with Gasteiger partial charge in [0.15, 0.2) is 12.5 Å². The van der Waals surface area contributed by atoms with Crippen molar-refractivity contribution in [2.45, 2.75) is 61.9 Å². The summed E-state index contributed by atoms with van der Waals surface area (Å²) >= 11 is 0. The maximum absolute atomic E-state index is 12.6. The third-order valence-electron chi connectivity index (χ3n) is 6.21. The standard InChI is InChI=1S/C22H28N4O12/c27-7-12-15(30)16(31)18(33)21(38-12)36-8-9-2-1-3-10(24-9)19(34)23-6-11-14(29)17(32)20(37-11)26-5-4-13(28)25-22(26)35/h1-5,11-12,14-18,20-21,27,29-33H,6-8H2,(H,23,34)(H,25,28,35)/t11-,12-,14-,15+,16+,17-,18-,20-,21+/m1/s1. The lowest BCUT2D eigenvalue weighted by Gasteiger charge is -2.39. The highest BCUT2D eigenvalue weighted by Crippen LogP contribution is 2.28. The van der Waals surface area contributed by atoms with Crippen LogP contribution in [0.1, 0.15) is 22.4 Å². The molecular weight excluding hydrogens is 512 g/mol. The summed E-state index contributed by atoms with van der Waals surface area (Å²) in [4.78, 5) is 42.1. The highest BCUT2D eigenvalue weighted by atomic mass is 16.7. The van der Waals surface area contributed by atoms with Gasteiger partial charge in [0.2, 0.25) is 0 Å². The molecule has 0 spiro atoms. The zero-order valence-electron chi connectivity index (χ0n) is 19.7. The summed E-state index contributed by atoms with van der Waals surface area (Å²) in [7, 11) is 0. The molecule has 0 radical (unpaired) electrons. The molecule has 2 aromatic rings. The molecule has 4 rings (SSSR count). The number of hydrogen-bond donors (Lipinski definition) is 8. The molecule has 2 fully saturated rings. The molecule has 0 unspecified atom stereocenters. The number of aromatic nitrogens is 3. The van der Waals surface area contributed by atoms with Crippen LogP contribution in [0.5, 0.6) is 0 Å². The first-order chi connectivity index (χ1) is 18.1. The average Bonchev–Trinajstić information content (AvgIpc) is 3.18. The molecule has 2 aliphatic rings. The quantitative estimate of drug-likeness (QED) is 0.157. The van der Waals surface area contributed by atoms with Crippen molar-refractivity contribution < 1.29 is 49.6 Å². The van der Waals surface area contributed by atoms with Crippen molar-refractivity contribution in [3.63, 3.8) is 0 Å². The number of rotatable bonds is 8. The smallest absolute Gasteiger partial charge is 0.330 e. The zero-order valence-corrected chi connectivity index (χ0v) is 19.7. The number of aliphatic hydroxyl groups excluding tert-OH is 6. The lowest BCUT2D eigenvalue weighted by Crippen LogP contribution is -2.59. The Morgan fingerprint density at radius 2 is 1.74 bits per heavy atom. The Morgan fingerprint density at radius 3 is 2.45 bits per heavy atom. The number of hydrogen-bond acceptors (Lipinski definition) is 13. The van der Waals surface area contributed by atoms with Gasteiger partial charge in [0.05, 0.1) is 18.9 Å². The van der Waals surface area contributed by atoms with E-state index < -0.39 is 79.0 Å². The summed E-state index contributed by atoms with van der Waals surface area (Å²) in [6.07, 6.45) is -11.5. The topological polar surface area (TPSA) is 246 Å². The molecule has 208 valence electrons. The van der Waals surface area contributed by atoms with E-state index in [1.54, 1.807) is 0 Å². The number of ether oxygens (including phenoxy) is 3. The molecule has 4 heterocycles. The van der Waals surface area contributed by atoms with Crippen LogP contribution in [0, 0.1) is 0 Å². The minimum atomic E-state index is -1.61. The summed E-state index contributed by atoms with van der Waals surface area (Å²) in [6.45, 7) is -1.12. The van der Waals surface area contributed by atoms with Crippen molar-refractivity contribution in [2.75, 3.05) is 13.2 Å². The fourth-order valence-corrected chi connectivity index (χ4v) is 4.10. The van der Waals surface area contributed by atoms with Crippen molar-refractivity contribution in [2.24, 2.45) is 0 Å². The van der Waals surface area contributed by atoms with Crippen LogP contribution in [0.2, 0.25) is 0 Å². The van der Waals surface area contributed by atoms with E-state index in [-0.39, 0.29) is 24.5 Å². The maximum atomic E-state index is 12.6. The molecule has 1 amide bonds. The van der Waals surface area contributed by atoms with Gasteiger partial charge in [-0.3, -0.25) is 19.1 Å². The van der Waals surface area contributed by atoms with Gasteiger partial charge >= 0.3 is 5.69 Å². The second-order valence-electron chi connectivity index (χ2n) is 8.80. The molecule has 2 aliphatic heterocycles. The normalized spacial score (nSPS) is 33.3. The van der Waals surface area contributed by atoms with Gasteiger partial charge in [-0.1, -0.05) is 6.07 Å². The van der Waals surface area contributed by atoms with Crippen molar-refractivity contribution in [1.82, 2.24) is 19.9 Å². The number of nitrogens with one attached hydrogen (secondary N) is 2. The number of aliphatic hydroxyl groups is 6. The Bertz CT molecular complexity index is 1240. The molecular formula is C22H28N4O12. The Morgan fingerprint density at radius 1 is 1.00 bits per heavy atom. The number of amides is 1. The zero-order chi connectivity index (χ0) is 27.6. The van der Waals surface area contributed by atoms with Crippen LogP contribution in [0.4, 0.5) is 0 Å². The highest BCUT2D eigenvalue weighted by Gasteiger charge is 2.45. The summed E-state index contributed by atoms with van der Waals surface area (Å²) < 4.78 is 17.1. The molecule has 2 aromatic heterocycles. The lowest BCUT2D eigenvalue weighted by molar-refractivity contribution is -0.304. The van der Waals surface area contributed by atoms with Gasteiger partial charge in [-0.2, -0.15) is 0 Å². The molecule has 2 saturated heterocycles. The molecule has 16 nitrogen and oxygen atoms in total. The predicted molar refractivity (Wildman–Crippen MR) is 122 cm³/mol. The molecule has 38 heavy (non-hydrogen) atoms. The SMILES string of the molecule is O=C(NC[C@H]1O[C@@H](n2ccc(=O)[nH]c2=O)[C@H](O)[C@@H]1O)c1cccc(CO[C@H]2O[C@H](CO)[C@H](O)[C@H](O)[C@H]2O)n1. The summed E-state index contributed by atoms with van der Waals surface area (Å²) in [5.74, 6) is -0.658. The average molecular weight is 540 g/mol. The number of H-pyrrole nitrogens is 1. The van der Waals surface area contributed by atoms with E-state index >= 15 is 0 Å². The Balaban J connectivity index is 1.34. The van der Waals surface area contributed by atoms with Gasteiger partial charge in [-0.05, 0) is 12.1 Å². The van der Waals surface area contributed by atoms with Crippen LogP contribution in [0.15, 0.2) is 40.1 Å². The summed E-state index contributed by atoms with van der Waals surface area (Å²) in [6, 6.07) is 5.49. The van der Waals surface area contributed by atoms with Crippen LogP contribution >= 0.6 is 0 Å². The molecule has 8 N–H and O–H groups in total. The first kappa shape index (κ1) is 28.0. The van der Waals surface area contributed by atoms with Gasteiger partial charge in [-0.15, -0.1) is 0 Å². The van der Waals surface area contributed by atoms with Crippen LogP contribution in [0.3, 0.4) is 0 Å². The molecule has 16 heteroatoms. The minimum Gasteiger partial charge on any atom is -0.394 e. The molecule has 0 bridgehead atoms. The van der Waals surface area contributed by atoms with E-state index in [0.717, 1.165) is 16.8 Å². The molecule has 0 saturated carbocycles. The van der Waals surface area contributed by atoms with E-state index in [1.165, 1.54) is 18.2 Å². The Labute approximate surface area is 213 Å². The van der Waals surface area contributed by atoms with Gasteiger partial charge in [0.25, 0.3) is 11.5 Å². The minimum absolute atomic E-state index is 0.0404. The lowest BCUT2D eigenvalue weighted by atomic mass is 9.99. The van der Waals surface area contributed by atoms with Crippen LogP contribution in [0.25, 0.3) is 0 Å². The van der Waals surface area contributed by atoms with Gasteiger partial charge in [-0.25, -0.2) is 9.78 Å². The molecule has 9 atom stereocenters. The van der Waals surface area contributed by atoms with Gasteiger partial charge in [0.1, 0.15) is 48.4 Å². The largest absolute Gasteiger partial charge is 0.394 e. The van der Waals surface area contributed by atoms with Crippen molar-refractivity contribution in [3.05, 3.63) is 62.7 Å². The van der Waals surface area contributed by atoms with Gasteiger partial charge < -0.3 is 50.2 Å². The first-order valence-corrected chi connectivity index (χ1v) is 11.6. The van der Waals surface area contributed by atoms with Crippen molar-refractivity contribution in [3.8, 4) is 0 Å². The Hall–Kier alpha value is -3.06. The fourth-order valence-electron chi connectivity index (χ4n) is 4.10. The monoisotopic (exact) mass is 540 g/mol. The summed E-state index contributed by atoms with van der Waals surface area (Å²) in [5, 5.41) is 62.2. The second-order valence-corrected chi connectivity index (χ2v) is 8.80. The third kappa shape index (κ3) is 5.83. The van der Waals surface area contributed by atoms with E-state index in [0.29, 0.717) is 0 Å². The van der Waals surface area contributed by atoms with Gasteiger partial charge in [0, 0.05) is 18.8 Å². The third-order valence-corrected chi connectivity index (χ3v) is 6.21. The molecule has 0 aliphatic carbocycles. The highest BCUT2D eigenvalue weighted by molar-refractivity contribution is 5.92. The summed E-state index contributed by atoms with van der Waals surface area (Å²) in [5.41, 5.74) is -1.28. The number of carbonyl (C=O) groups is 1. The Kier molecular flexibility index (Phi) is 8.66. The van der Waals surface area contributed by atoms with Crippen molar-refractivity contribution >= 4 is 5.91 Å². The van der Waals surface area contributed by atoms with Crippen LogP contribution in [-0.2, 0) is 20.8 Å². The molecule has 0 aromatic carbocycles. The number of pyridine rings is 1. The van der Waals surface area contributed by atoms with E-state index in [2.05, 4.69) is 10.3 Å². The van der Waals surface area contributed by atoms with E-state index in [9.17, 15) is 45.0 Å². The number of carbonyl (C=O) groups excluding carboxylic acids is 1. The second kappa shape index (κ2) is 11.8. The van der Waals surface area contributed by atoms with Crippen LogP contribution in [-0.4, -0.2) is 113 Å². The van der Waals surface area contributed by atoms with E-state index in [4.69, 9.17) is 14.2 Å².